The molecule has 0 saturated carbocycles. The second kappa shape index (κ2) is 5.89. The summed E-state index contributed by atoms with van der Waals surface area (Å²) < 4.78 is 5.22. The number of rotatable bonds is 4. The van der Waals surface area contributed by atoms with E-state index in [1.54, 1.807) is 18.6 Å². The largest absolute Gasteiger partial charge is 0.496 e. The number of hydrogen-bond acceptors (Lipinski definition) is 3. The Hall–Kier alpha value is -1.52. The van der Waals surface area contributed by atoms with Crippen molar-refractivity contribution in [1.82, 2.24) is 5.32 Å². The molecule has 1 amide bonds. The van der Waals surface area contributed by atoms with Gasteiger partial charge >= 0.3 is 0 Å². The molecule has 0 aliphatic carbocycles. The molecular weight excluding hydrogens is 270 g/mol. The molecule has 1 aromatic carbocycles. The lowest BCUT2D eigenvalue weighted by Gasteiger charge is -2.08. The van der Waals surface area contributed by atoms with Crippen LogP contribution in [-0.4, -0.2) is 13.0 Å². The minimum atomic E-state index is -0.127. The lowest BCUT2D eigenvalue weighted by Crippen LogP contribution is -2.22. The van der Waals surface area contributed by atoms with Crippen molar-refractivity contribution in [2.45, 2.75) is 6.54 Å². The molecule has 0 aliphatic heterocycles. The van der Waals surface area contributed by atoms with Crippen molar-refractivity contribution >= 4 is 28.8 Å². The molecule has 0 saturated heterocycles. The highest BCUT2D eigenvalue weighted by Crippen LogP contribution is 2.20. The van der Waals surface area contributed by atoms with Gasteiger partial charge in [0.1, 0.15) is 5.75 Å². The average molecular weight is 282 g/mol. The van der Waals surface area contributed by atoms with E-state index >= 15 is 0 Å². The lowest BCUT2D eigenvalue weighted by atomic mass is 10.2. The van der Waals surface area contributed by atoms with Gasteiger partial charge in [0, 0.05) is 17.5 Å². The van der Waals surface area contributed by atoms with E-state index in [4.69, 9.17) is 16.3 Å². The first-order valence-corrected chi connectivity index (χ1v) is 6.60. The molecular formula is C13H12ClNO2S. The molecule has 3 nitrogen and oxygen atoms in total. The van der Waals surface area contributed by atoms with Crippen molar-refractivity contribution in [3.63, 3.8) is 0 Å². The monoisotopic (exact) mass is 281 g/mol. The summed E-state index contributed by atoms with van der Waals surface area (Å²) in [5.41, 5.74) is 0.941. The molecule has 2 rings (SSSR count). The third-order valence-electron chi connectivity index (χ3n) is 2.42. The SMILES string of the molecule is COc1ccccc1CNC(=O)c1cc(Cl)cs1. The molecule has 0 radical (unpaired) electrons. The Kier molecular flexibility index (Phi) is 4.23. The summed E-state index contributed by atoms with van der Waals surface area (Å²) in [5.74, 6) is 0.639. The van der Waals surface area contributed by atoms with Gasteiger partial charge in [-0.2, -0.15) is 0 Å². The Bertz CT molecular complexity index is 553. The molecule has 1 aromatic heterocycles. The van der Waals surface area contributed by atoms with Crippen LogP contribution < -0.4 is 10.1 Å². The summed E-state index contributed by atoms with van der Waals surface area (Å²) in [7, 11) is 1.61. The predicted molar refractivity (Wildman–Crippen MR) is 73.5 cm³/mol. The highest BCUT2D eigenvalue weighted by molar-refractivity contribution is 7.12. The summed E-state index contributed by atoms with van der Waals surface area (Å²) in [4.78, 5) is 12.4. The van der Waals surface area contributed by atoms with Crippen LogP contribution in [0, 0.1) is 0 Å². The Morgan fingerprint density at radius 3 is 2.89 bits per heavy atom. The van der Waals surface area contributed by atoms with Gasteiger partial charge in [0.05, 0.1) is 17.0 Å². The van der Waals surface area contributed by atoms with Crippen LogP contribution in [0.3, 0.4) is 0 Å². The molecule has 0 aliphatic rings. The first kappa shape index (κ1) is 12.9. The minimum absolute atomic E-state index is 0.127. The lowest BCUT2D eigenvalue weighted by molar-refractivity contribution is 0.0955. The van der Waals surface area contributed by atoms with Crippen LogP contribution in [0.25, 0.3) is 0 Å². The van der Waals surface area contributed by atoms with Gasteiger partial charge in [0.15, 0.2) is 0 Å². The summed E-state index contributed by atoms with van der Waals surface area (Å²) in [6.07, 6.45) is 0. The summed E-state index contributed by atoms with van der Waals surface area (Å²) >= 11 is 7.11. The number of hydrogen-bond donors (Lipinski definition) is 1. The van der Waals surface area contributed by atoms with E-state index in [2.05, 4.69) is 5.32 Å². The number of methoxy groups -OCH3 is 1. The first-order valence-electron chi connectivity index (χ1n) is 5.35. The van der Waals surface area contributed by atoms with E-state index in [0.29, 0.717) is 16.4 Å². The molecule has 2 aromatic rings. The molecule has 18 heavy (non-hydrogen) atoms. The predicted octanol–water partition coefficient (Wildman–Crippen LogP) is 3.34. The third kappa shape index (κ3) is 3.03. The Balaban J connectivity index is 2.01. The minimum Gasteiger partial charge on any atom is -0.496 e. The molecule has 1 N–H and O–H groups in total. The molecule has 5 heteroatoms. The van der Waals surface area contributed by atoms with Gasteiger partial charge in [-0.15, -0.1) is 11.3 Å². The fourth-order valence-electron chi connectivity index (χ4n) is 1.54. The fourth-order valence-corrected chi connectivity index (χ4v) is 2.53. The van der Waals surface area contributed by atoms with Crippen molar-refractivity contribution in [3.8, 4) is 5.75 Å². The number of halogens is 1. The number of nitrogens with one attached hydrogen (secondary N) is 1. The van der Waals surface area contributed by atoms with Crippen LogP contribution in [0.5, 0.6) is 5.75 Å². The van der Waals surface area contributed by atoms with Gasteiger partial charge in [-0.3, -0.25) is 4.79 Å². The number of benzene rings is 1. The van der Waals surface area contributed by atoms with Crippen molar-refractivity contribution in [3.05, 3.63) is 51.2 Å². The standard InChI is InChI=1S/C13H12ClNO2S/c1-17-11-5-3-2-4-9(11)7-15-13(16)12-6-10(14)8-18-12/h2-6,8H,7H2,1H3,(H,15,16). The van der Waals surface area contributed by atoms with Crippen LogP contribution in [0.2, 0.25) is 5.02 Å². The van der Waals surface area contributed by atoms with Crippen molar-refractivity contribution in [2.75, 3.05) is 7.11 Å². The van der Waals surface area contributed by atoms with Crippen LogP contribution in [0.4, 0.5) is 0 Å². The normalized spacial score (nSPS) is 10.1. The van der Waals surface area contributed by atoms with E-state index in [1.165, 1.54) is 11.3 Å². The van der Waals surface area contributed by atoms with Gasteiger partial charge in [-0.1, -0.05) is 29.8 Å². The Morgan fingerprint density at radius 1 is 1.44 bits per heavy atom. The van der Waals surface area contributed by atoms with Gasteiger partial charge in [-0.05, 0) is 12.1 Å². The zero-order chi connectivity index (χ0) is 13.0. The maximum absolute atomic E-state index is 11.8. The number of carbonyl (C=O) groups excluding carboxylic acids is 1. The molecule has 0 unspecified atom stereocenters. The average Bonchev–Trinajstić information content (AvgIpc) is 2.83. The smallest absolute Gasteiger partial charge is 0.261 e. The molecule has 0 bridgehead atoms. The quantitative estimate of drug-likeness (QED) is 0.933. The Morgan fingerprint density at radius 2 is 2.22 bits per heavy atom. The van der Waals surface area contributed by atoms with Gasteiger partial charge in [0.25, 0.3) is 5.91 Å². The van der Waals surface area contributed by atoms with Crippen molar-refractivity contribution in [2.24, 2.45) is 0 Å². The number of thiophene rings is 1. The van der Waals surface area contributed by atoms with Crippen molar-refractivity contribution < 1.29 is 9.53 Å². The molecule has 94 valence electrons. The molecule has 0 spiro atoms. The third-order valence-corrected chi connectivity index (χ3v) is 3.70. The fraction of sp³-hybridized carbons (Fsp3) is 0.154. The van der Waals surface area contributed by atoms with Gasteiger partial charge < -0.3 is 10.1 Å². The molecule has 0 fully saturated rings. The maximum Gasteiger partial charge on any atom is 0.261 e. The van der Waals surface area contributed by atoms with E-state index in [0.717, 1.165) is 11.3 Å². The molecule has 0 atom stereocenters. The second-order valence-electron chi connectivity index (χ2n) is 3.62. The summed E-state index contributed by atoms with van der Waals surface area (Å²) in [6, 6.07) is 9.24. The Labute approximate surface area is 114 Å². The maximum atomic E-state index is 11.8. The summed E-state index contributed by atoms with van der Waals surface area (Å²) in [6.45, 7) is 0.429. The first-order chi connectivity index (χ1) is 8.70. The van der Waals surface area contributed by atoms with E-state index in [-0.39, 0.29) is 5.91 Å². The van der Waals surface area contributed by atoms with Crippen LogP contribution in [0.1, 0.15) is 15.2 Å². The van der Waals surface area contributed by atoms with Crippen molar-refractivity contribution in [1.29, 1.82) is 0 Å². The van der Waals surface area contributed by atoms with Gasteiger partial charge in [-0.25, -0.2) is 0 Å². The molecule has 1 heterocycles. The number of carbonyl (C=O) groups is 1. The van der Waals surface area contributed by atoms with E-state index < -0.39 is 0 Å². The zero-order valence-corrected chi connectivity index (χ0v) is 11.3. The van der Waals surface area contributed by atoms with Crippen LogP contribution >= 0.6 is 22.9 Å². The highest BCUT2D eigenvalue weighted by atomic mass is 35.5. The number of para-hydroxylation sites is 1. The number of amides is 1. The van der Waals surface area contributed by atoms with Crippen LogP contribution in [-0.2, 0) is 6.54 Å². The summed E-state index contributed by atoms with van der Waals surface area (Å²) in [5, 5.41) is 5.16. The van der Waals surface area contributed by atoms with Gasteiger partial charge in [0.2, 0.25) is 0 Å². The van der Waals surface area contributed by atoms with E-state index in [9.17, 15) is 4.79 Å². The van der Waals surface area contributed by atoms with E-state index in [1.807, 2.05) is 24.3 Å². The van der Waals surface area contributed by atoms with Crippen LogP contribution in [0.15, 0.2) is 35.7 Å². The topological polar surface area (TPSA) is 38.3 Å². The second-order valence-corrected chi connectivity index (χ2v) is 4.97. The number of ether oxygens (including phenoxy) is 1. The zero-order valence-electron chi connectivity index (χ0n) is 9.77. The highest BCUT2D eigenvalue weighted by Gasteiger charge is 2.09.